The summed E-state index contributed by atoms with van der Waals surface area (Å²) in [6.07, 6.45) is -4.38. The van der Waals surface area contributed by atoms with E-state index in [0.717, 1.165) is 0 Å². The minimum atomic E-state index is -1.47. The maximum Gasteiger partial charge on any atom is 0.186 e. The van der Waals surface area contributed by atoms with Crippen LogP contribution in [-0.2, 0) is 18.9 Å². The molecule has 2 aliphatic heterocycles. The second-order valence-electron chi connectivity index (χ2n) is 6.47. The third-order valence-electron chi connectivity index (χ3n) is 4.02. The predicted molar refractivity (Wildman–Crippen MR) is 78.4 cm³/mol. The molecule has 0 saturated carbocycles. The Morgan fingerprint density at radius 1 is 1.22 bits per heavy atom. The zero-order valence-corrected chi connectivity index (χ0v) is 13.4. The molecule has 0 spiro atoms. The van der Waals surface area contributed by atoms with Gasteiger partial charge in [0.1, 0.15) is 30.0 Å². The molecular formula is C15H26O8. The van der Waals surface area contributed by atoms with Crippen molar-refractivity contribution in [3.05, 3.63) is 12.7 Å². The summed E-state index contributed by atoms with van der Waals surface area (Å²) >= 11 is 0. The molecule has 4 N–H and O–H groups in total. The van der Waals surface area contributed by atoms with Crippen LogP contribution >= 0.6 is 0 Å². The monoisotopic (exact) mass is 334 g/mol. The van der Waals surface area contributed by atoms with Crippen LogP contribution in [-0.4, -0.2) is 82.3 Å². The van der Waals surface area contributed by atoms with Crippen molar-refractivity contribution in [2.24, 2.45) is 0 Å². The van der Waals surface area contributed by atoms with Gasteiger partial charge < -0.3 is 39.4 Å². The largest absolute Gasteiger partial charge is 0.394 e. The molecule has 134 valence electrons. The van der Waals surface area contributed by atoms with Gasteiger partial charge in [-0.1, -0.05) is 6.08 Å². The highest BCUT2D eigenvalue weighted by Gasteiger charge is 2.48. The molecule has 2 rings (SSSR count). The van der Waals surface area contributed by atoms with Gasteiger partial charge in [0, 0.05) is 0 Å². The Kier molecular flexibility index (Phi) is 5.81. The first-order valence-corrected chi connectivity index (χ1v) is 7.61. The molecule has 0 aromatic rings. The summed E-state index contributed by atoms with van der Waals surface area (Å²) in [6, 6.07) is 0. The van der Waals surface area contributed by atoms with Crippen LogP contribution in [0.1, 0.15) is 20.3 Å². The van der Waals surface area contributed by atoms with E-state index >= 15 is 0 Å². The number of rotatable bonds is 6. The average molecular weight is 334 g/mol. The SMILES string of the molecule is C=CCC1(CO[C@@H]2OC(CO)[C@@H](O)C(O)C2O)COC(C)(C)O1. The third-order valence-corrected chi connectivity index (χ3v) is 4.02. The Hall–Kier alpha value is -0.580. The second kappa shape index (κ2) is 7.12. The lowest BCUT2D eigenvalue weighted by atomic mass is 9.99. The van der Waals surface area contributed by atoms with Gasteiger partial charge in [-0.05, 0) is 20.3 Å². The summed E-state index contributed by atoms with van der Waals surface area (Å²) in [4.78, 5) is 0. The Balaban J connectivity index is 2.01. The summed E-state index contributed by atoms with van der Waals surface area (Å²) in [5.74, 6) is -0.762. The molecule has 2 fully saturated rings. The molecule has 0 aliphatic carbocycles. The van der Waals surface area contributed by atoms with Crippen LogP contribution in [0.3, 0.4) is 0 Å². The molecule has 2 aliphatic rings. The highest BCUT2D eigenvalue weighted by molar-refractivity contribution is 4.95. The highest BCUT2D eigenvalue weighted by atomic mass is 16.8. The van der Waals surface area contributed by atoms with Crippen molar-refractivity contribution in [2.75, 3.05) is 19.8 Å². The standard InChI is InChI=1S/C15H26O8/c1-4-5-15(8-21-14(2,3)23-15)7-20-13-12(19)11(18)10(17)9(6-16)22-13/h4,9-13,16-19H,1,5-8H2,2-3H3/t9?,10-,11?,12?,13-,15?/m1/s1. The Morgan fingerprint density at radius 2 is 1.91 bits per heavy atom. The third kappa shape index (κ3) is 4.09. The number of ether oxygens (including phenoxy) is 4. The fourth-order valence-corrected chi connectivity index (χ4v) is 2.82. The van der Waals surface area contributed by atoms with E-state index in [-0.39, 0.29) is 13.2 Å². The number of aliphatic hydroxyl groups excluding tert-OH is 4. The van der Waals surface area contributed by atoms with E-state index in [1.165, 1.54) is 0 Å². The predicted octanol–water partition coefficient (Wildman–Crippen LogP) is -1.10. The average Bonchev–Trinajstić information content (AvgIpc) is 2.80. The first-order valence-electron chi connectivity index (χ1n) is 7.61. The molecule has 8 nitrogen and oxygen atoms in total. The van der Waals surface area contributed by atoms with Crippen molar-refractivity contribution in [3.8, 4) is 0 Å². The zero-order valence-electron chi connectivity index (χ0n) is 13.4. The smallest absolute Gasteiger partial charge is 0.186 e. The van der Waals surface area contributed by atoms with Gasteiger partial charge in [0.25, 0.3) is 0 Å². The first-order chi connectivity index (χ1) is 10.7. The van der Waals surface area contributed by atoms with Crippen molar-refractivity contribution in [2.45, 2.75) is 62.4 Å². The summed E-state index contributed by atoms with van der Waals surface area (Å²) in [5.41, 5.74) is -0.774. The van der Waals surface area contributed by atoms with E-state index in [4.69, 9.17) is 18.9 Å². The molecule has 8 heteroatoms. The Labute approximate surface area is 135 Å². The van der Waals surface area contributed by atoms with Gasteiger partial charge in [-0.25, -0.2) is 0 Å². The second-order valence-corrected chi connectivity index (χ2v) is 6.47. The highest BCUT2D eigenvalue weighted by Crippen LogP contribution is 2.35. The number of aliphatic hydroxyl groups is 4. The molecule has 0 radical (unpaired) electrons. The zero-order chi connectivity index (χ0) is 17.3. The first kappa shape index (κ1) is 18.8. The van der Waals surface area contributed by atoms with Gasteiger partial charge in [-0.15, -0.1) is 6.58 Å². The van der Waals surface area contributed by atoms with Crippen molar-refractivity contribution >= 4 is 0 Å². The maximum absolute atomic E-state index is 9.98. The van der Waals surface area contributed by atoms with Crippen LogP contribution in [0.4, 0.5) is 0 Å². The van der Waals surface area contributed by atoms with Crippen molar-refractivity contribution < 1.29 is 39.4 Å². The van der Waals surface area contributed by atoms with Gasteiger partial charge in [-0.2, -0.15) is 0 Å². The van der Waals surface area contributed by atoms with Crippen LogP contribution in [0.2, 0.25) is 0 Å². The van der Waals surface area contributed by atoms with E-state index in [1.54, 1.807) is 19.9 Å². The van der Waals surface area contributed by atoms with E-state index < -0.39 is 48.7 Å². The lowest BCUT2D eigenvalue weighted by Gasteiger charge is -2.40. The molecule has 4 unspecified atom stereocenters. The number of hydrogen-bond donors (Lipinski definition) is 4. The lowest BCUT2D eigenvalue weighted by molar-refractivity contribution is -0.310. The minimum Gasteiger partial charge on any atom is -0.394 e. The fraction of sp³-hybridized carbons (Fsp3) is 0.867. The Bertz CT molecular complexity index is 412. The molecule has 0 aromatic heterocycles. The van der Waals surface area contributed by atoms with Crippen LogP contribution in [0.5, 0.6) is 0 Å². The van der Waals surface area contributed by atoms with Crippen molar-refractivity contribution in [1.29, 1.82) is 0 Å². The topological polar surface area (TPSA) is 118 Å². The van der Waals surface area contributed by atoms with Gasteiger partial charge in [-0.3, -0.25) is 0 Å². The molecule has 0 aromatic carbocycles. The van der Waals surface area contributed by atoms with Gasteiger partial charge >= 0.3 is 0 Å². The fourth-order valence-electron chi connectivity index (χ4n) is 2.82. The summed E-state index contributed by atoms with van der Waals surface area (Å²) in [5, 5.41) is 38.7. The van der Waals surface area contributed by atoms with Crippen LogP contribution in [0.25, 0.3) is 0 Å². The van der Waals surface area contributed by atoms with Crippen LogP contribution in [0, 0.1) is 0 Å². The summed E-state index contributed by atoms with van der Waals surface area (Å²) in [6.45, 7) is 7.07. The molecular weight excluding hydrogens is 308 g/mol. The summed E-state index contributed by atoms with van der Waals surface area (Å²) < 4.78 is 22.3. The van der Waals surface area contributed by atoms with Crippen LogP contribution in [0.15, 0.2) is 12.7 Å². The normalized spacial score (nSPS) is 43.5. The van der Waals surface area contributed by atoms with Crippen molar-refractivity contribution in [1.82, 2.24) is 0 Å². The molecule has 2 saturated heterocycles. The Morgan fingerprint density at radius 3 is 2.43 bits per heavy atom. The minimum absolute atomic E-state index is 0.0329. The van der Waals surface area contributed by atoms with Gasteiger partial charge in [0.2, 0.25) is 0 Å². The summed E-state index contributed by atoms with van der Waals surface area (Å²) in [7, 11) is 0. The molecule has 0 bridgehead atoms. The van der Waals surface area contributed by atoms with E-state index in [0.29, 0.717) is 6.42 Å². The molecule has 0 amide bonds. The molecule has 6 atom stereocenters. The van der Waals surface area contributed by atoms with E-state index in [9.17, 15) is 20.4 Å². The quantitative estimate of drug-likeness (QED) is 0.452. The van der Waals surface area contributed by atoms with E-state index in [2.05, 4.69) is 6.58 Å². The maximum atomic E-state index is 9.98. The van der Waals surface area contributed by atoms with Gasteiger partial charge in [0.15, 0.2) is 12.1 Å². The lowest BCUT2D eigenvalue weighted by Crippen LogP contribution is -2.59. The van der Waals surface area contributed by atoms with Crippen LogP contribution < -0.4 is 0 Å². The molecule has 23 heavy (non-hydrogen) atoms. The van der Waals surface area contributed by atoms with E-state index in [1.807, 2.05) is 0 Å². The van der Waals surface area contributed by atoms with Crippen molar-refractivity contribution in [3.63, 3.8) is 0 Å². The number of hydrogen-bond acceptors (Lipinski definition) is 8. The van der Waals surface area contributed by atoms with Gasteiger partial charge in [0.05, 0.1) is 19.8 Å². The molecule has 2 heterocycles.